The molecule has 0 bridgehead atoms. The molecule has 0 aromatic carbocycles. The molecule has 1 aliphatic heterocycles. The van der Waals surface area contributed by atoms with Crippen molar-refractivity contribution in [2.75, 3.05) is 6.61 Å². The van der Waals surface area contributed by atoms with Gasteiger partial charge in [-0.2, -0.15) is 8.42 Å². The number of hydrogen-bond acceptors (Lipinski definition) is 8. The maximum atomic E-state index is 10.9. The lowest BCUT2D eigenvalue weighted by atomic mass is 10.2. The van der Waals surface area contributed by atoms with Gasteiger partial charge < -0.3 is 14.2 Å². The lowest BCUT2D eigenvalue weighted by Gasteiger charge is -2.16. The second-order valence-electron chi connectivity index (χ2n) is 3.87. The molecule has 0 aliphatic carbocycles. The van der Waals surface area contributed by atoms with Crippen molar-refractivity contribution in [2.45, 2.75) is 38.8 Å². The molecule has 0 spiro atoms. The highest BCUT2D eigenvalue weighted by Gasteiger charge is 2.40. The lowest BCUT2D eigenvalue weighted by Crippen LogP contribution is -2.32. The molecule has 19 heavy (non-hydrogen) atoms. The zero-order valence-corrected chi connectivity index (χ0v) is 11.2. The Labute approximate surface area is 110 Å². The van der Waals surface area contributed by atoms with Crippen LogP contribution in [-0.4, -0.2) is 45.5 Å². The van der Waals surface area contributed by atoms with E-state index < -0.39 is 47.3 Å². The van der Waals surface area contributed by atoms with Gasteiger partial charge in [0.25, 0.3) is 0 Å². The van der Waals surface area contributed by atoms with E-state index in [0.29, 0.717) is 0 Å². The number of rotatable bonds is 5. The molecule has 1 saturated heterocycles. The topological polar surface area (TPSA) is 131 Å². The minimum absolute atomic E-state index is 0.0950. The molecule has 1 fully saturated rings. The predicted octanol–water partition coefficient (Wildman–Crippen LogP) is -1.18. The van der Waals surface area contributed by atoms with E-state index in [1.807, 2.05) is 0 Å². The Hall–Kier alpha value is -1.23. The fourth-order valence-electron chi connectivity index (χ4n) is 1.59. The summed E-state index contributed by atoms with van der Waals surface area (Å²) in [4.78, 5) is 21.7. The van der Waals surface area contributed by atoms with E-state index in [1.54, 1.807) is 0 Å². The van der Waals surface area contributed by atoms with Gasteiger partial charge in [0.05, 0.1) is 13.0 Å². The number of esters is 2. The molecule has 110 valence electrons. The molecule has 0 amide bonds. The van der Waals surface area contributed by atoms with E-state index in [0.717, 1.165) is 0 Å². The minimum atomic E-state index is -4.13. The van der Waals surface area contributed by atoms with Gasteiger partial charge in [-0.1, -0.05) is 0 Å². The molecule has 0 saturated carbocycles. The van der Waals surface area contributed by atoms with E-state index in [-0.39, 0.29) is 6.42 Å². The summed E-state index contributed by atoms with van der Waals surface area (Å²) in [5.41, 5.74) is 0. The molecule has 1 rings (SSSR count). The van der Waals surface area contributed by atoms with Gasteiger partial charge >= 0.3 is 22.2 Å². The van der Waals surface area contributed by atoms with Crippen LogP contribution in [0.1, 0.15) is 20.3 Å². The quantitative estimate of drug-likeness (QED) is 0.627. The third kappa shape index (κ3) is 5.96. The van der Waals surface area contributed by atoms with Crippen LogP contribution in [-0.2, 0) is 38.3 Å². The van der Waals surface area contributed by atoms with Crippen LogP contribution < -0.4 is 5.14 Å². The van der Waals surface area contributed by atoms with Crippen LogP contribution in [0.3, 0.4) is 0 Å². The smallest absolute Gasteiger partial charge is 0.333 e. The molecular formula is C9H15NO8S. The summed E-state index contributed by atoms with van der Waals surface area (Å²) in [6.07, 6.45) is -2.48. The fraction of sp³-hybridized carbons (Fsp3) is 0.778. The summed E-state index contributed by atoms with van der Waals surface area (Å²) < 4.78 is 40.7. The first-order valence-corrected chi connectivity index (χ1v) is 6.81. The monoisotopic (exact) mass is 297 g/mol. The van der Waals surface area contributed by atoms with Gasteiger partial charge in [0, 0.05) is 13.8 Å². The van der Waals surface area contributed by atoms with Gasteiger partial charge in [0.2, 0.25) is 6.29 Å². The molecule has 3 atom stereocenters. The summed E-state index contributed by atoms with van der Waals surface area (Å²) >= 11 is 0. The molecule has 0 unspecified atom stereocenters. The van der Waals surface area contributed by atoms with Crippen molar-refractivity contribution < 1.29 is 36.4 Å². The summed E-state index contributed by atoms with van der Waals surface area (Å²) in [7, 11) is -4.13. The summed E-state index contributed by atoms with van der Waals surface area (Å²) in [6, 6.07) is 0. The maximum Gasteiger partial charge on any atom is 0.333 e. The van der Waals surface area contributed by atoms with E-state index in [1.165, 1.54) is 13.8 Å². The van der Waals surface area contributed by atoms with E-state index in [9.17, 15) is 18.0 Å². The number of ether oxygens (including phenoxy) is 3. The zero-order chi connectivity index (χ0) is 14.6. The van der Waals surface area contributed by atoms with Crippen LogP contribution in [0.25, 0.3) is 0 Å². The van der Waals surface area contributed by atoms with Gasteiger partial charge in [0.1, 0.15) is 12.2 Å². The second-order valence-corrected chi connectivity index (χ2v) is 5.10. The summed E-state index contributed by atoms with van der Waals surface area (Å²) in [5, 5.41) is 4.68. The molecule has 1 aliphatic rings. The first-order chi connectivity index (χ1) is 8.67. The molecule has 1 heterocycles. The predicted molar refractivity (Wildman–Crippen MR) is 59.7 cm³/mol. The van der Waals surface area contributed by atoms with Crippen LogP contribution in [0.4, 0.5) is 0 Å². The number of carbonyl (C=O) groups is 2. The van der Waals surface area contributed by atoms with Gasteiger partial charge in [-0.3, -0.25) is 13.8 Å². The molecule has 9 nitrogen and oxygen atoms in total. The summed E-state index contributed by atoms with van der Waals surface area (Å²) in [6.45, 7) is 1.95. The van der Waals surface area contributed by atoms with Gasteiger partial charge in [-0.25, -0.2) is 5.14 Å². The van der Waals surface area contributed by atoms with Crippen LogP contribution in [0.2, 0.25) is 0 Å². The summed E-state index contributed by atoms with van der Waals surface area (Å²) in [5.74, 6) is -1.14. The van der Waals surface area contributed by atoms with Crippen molar-refractivity contribution in [3.8, 4) is 0 Å². The van der Waals surface area contributed by atoms with Crippen molar-refractivity contribution in [1.82, 2.24) is 0 Å². The Balaban J connectivity index is 2.63. The van der Waals surface area contributed by atoms with Crippen LogP contribution in [0.5, 0.6) is 0 Å². The average molecular weight is 297 g/mol. The Morgan fingerprint density at radius 2 is 1.84 bits per heavy atom. The number of hydrogen-bond donors (Lipinski definition) is 1. The lowest BCUT2D eigenvalue weighted by molar-refractivity contribution is -0.175. The van der Waals surface area contributed by atoms with Gasteiger partial charge in [0.15, 0.2) is 0 Å². The minimum Gasteiger partial charge on any atom is -0.459 e. The van der Waals surface area contributed by atoms with Crippen LogP contribution in [0, 0.1) is 0 Å². The van der Waals surface area contributed by atoms with E-state index in [2.05, 4.69) is 9.32 Å². The van der Waals surface area contributed by atoms with Gasteiger partial charge in [-0.15, -0.1) is 0 Å². The third-order valence-electron chi connectivity index (χ3n) is 2.18. The molecule has 0 radical (unpaired) electrons. The van der Waals surface area contributed by atoms with Crippen molar-refractivity contribution >= 4 is 22.2 Å². The highest BCUT2D eigenvalue weighted by molar-refractivity contribution is 7.84. The first-order valence-electron chi connectivity index (χ1n) is 5.34. The van der Waals surface area contributed by atoms with E-state index in [4.69, 9.17) is 14.2 Å². The van der Waals surface area contributed by atoms with Crippen molar-refractivity contribution in [3.05, 3.63) is 0 Å². The number of nitrogens with two attached hydrogens (primary N) is 1. The zero-order valence-electron chi connectivity index (χ0n) is 10.4. The SMILES string of the molecule is CC(=O)O[C@H]1C[C@@H](OC(C)=O)[C@@H](COS(N)(=O)=O)O1. The highest BCUT2D eigenvalue weighted by atomic mass is 32.2. The molecule has 10 heteroatoms. The molecule has 2 N–H and O–H groups in total. The van der Waals surface area contributed by atoms with Gasteiger partial charge in [-0.05, 0) is 0 Å². The Bertz CT molecular complexity index is 447. The second kappa shape index (κ2) is 6.28. The highest BCUT2D eigenvalue weighted by Crippen LogP contribution is 2.25. The van der Waals surface area contributed by atoms with Crippen molar-refractivity contribution in [3.63, 3.8) is 0 Å². The normalized spacial score (nSPS) is 27.0. The Kier molecular flexibility index (Phi) is 5.23. The van der Waals surface area contributed by atoms with Crippen molar-refractivity contribution in [2.24, 2.45) is 5.14 Å². The first kappa shape index (κ1) is 15.8. The largest absolute Gasteiger partial charge is 0.459 e. The maximum absolute atomic E-state index is 10.9. The average Bonchev–Trinajstić information content (AvgIpc) is 2.54. The number of carbonyl (C=O) groups excluding carboxylic acids is 2. The Morgan fingerprint density at radius 3 is 2.32 bits per heavy atom. The van der Waals surface area contributed by atoms with Crippen molar-refractivity contribution in [1.29, 1.82) is 0 Å². The van der Waals surface area contributed by atoms with E-state index >= 15 is 0 Å². The third-order valence-corrected chi connectivity index (χ3v) is 2.64. The van der Waals surface area contributed by atoms with Crippen LogP contribution >= 0.6 is 0 Å². The Morgan fingerprint density at radius 1 is 1.26 bits per heavy atom. The molecular weight excluding hydrogens is 282 g/mol. The molecule has 0 aromatic heterocycles. The van der Waals surface area contributed by atoms with Crippen LogP contribution in [0.15, 0.2) is 0 Å². The molecule has 0 aromatic rings. The fourth-order valence-corrected chi connectivity index (χ4v) is 1.91. The standard InChI is InChI=1S/C9H15NO8S/c1-5(11)16-7-3-9(17-6(2)12)18-8(7)4-15-19(10,13)14/h7-9H,3-4H2,1-2H3,(H2,10,13,14)/t7-,8-,9-/m1/s1.